The van der Waals surface area contributed by atoms with Gasteiger partial charge in [0, 0.05) is 13.1 Å². The van der Waals surface area contributed by atoms with Crippen molar-refractivity contribution in [1.29, 1.82) is 0 Å². The average Bonchev–Trinajstić information content (AvgIpc) is 3.23. The highest BCUT2D eigenvalue weighted by molar-refractivity contribution is 5.92. The van der Waals surface area contributed by atoms with Crippen molar-refractivity contribution in [1.82, 2.24) is 16.0 Å². The van der Waals surface area contributed by atoms with E-state index in [2.05, 4.69) is 16.0 Å². The van der Waals surface area contributed by atoms with E-state index in [1.165, 1.54) is 14.2 Å². The van der Waals surface area contributed by atoms with E-state index in [1.54, 1.807) is 0 Å². The van der Waals surface area contributed by atoms with E-state index in [0.29, 0.717) is 25.9 Å². The molecule has 1 aliphatic rings. The van der Waals surface area contributed by atoms with Crippen LogP contribution in [0.5, 0.6) is 0 Å². The molecule has 1 saturated heterocycles. The van der Waals surface area contributed by atoms with Crippen LogP contribution < -0.4 is 16.0 Å². The Hall–Kier alpha value is -2.16. The van der Waals surface area contributed by atoms with Crippen LogP contribution in [0.3, 0.4) is 0 Å². The fraction of sp³-hybridized carbons (Fsp3) is 0.800. The molecule has 0 spiro atoms. The summed E-state index contributed by atoms with van der Waals surface area (Å²) in [4.78, 5) is 49.8. The molecule has 1 heterocycles. The predicted molar refractivity (Wildman–Crippen MR) is 107 cm³/mol. The highest BCUT2D eigenvalue weighted by Crippen LogP contribution is 2.20. The van der Waals surface area contributed by atoms with Crippen molar-refractivity contribution in [2.75, 3.05) is 27.3 Å². The van der Waals surface area contributed by atoms with E-state index in [9.17, 15) is 19.2 Å². The minimum atomic E-state index is -0.773. The van der Waals surface area contributed by atoms with E-state index in [1.807, 2.05) is 27.7 Å². The topological polar surface area (TPSA) is 123 Å². The quantitative estimate of drug-likeness (QED) is 0.438. The van der Waals surface area contributed by atoms with Gasteiger partial charge in [-0.2, -0.15) is 0 Å². The van der Waals surface area contributed by atoms with Crippen molar-refractivity contribution in [3.63, 3.8) is 0 Å². The van der Waals surface area contributed by atoms with Gasteiger partial charge >= 0.3 is 11.9 Å². The van der Waals surface area contributed by atoms with E-state index in [0.717, 1.165) is 0 Å². The van der Waals surface area contributed by atoms with Crippen LogP contribution in [-0.2, 0) is 28.7 Å². The van der Waals surface area contributed by atoms with Gasteiger partial charge in [0.05, 0.1) is 26.1 Å². The summed E-state index contributed by atoms with van der Waals surface area (Å²) in [7, 11) is 2.55. The third kappa shape index (κ3) is 6.42. The third-order valence-corrected chi connectivity index (χ3v) is 5.82. The molecule has 0 aromatic rings. The number of hydrogen-bond acceptors (Lipinski definition) is 7. The molecule has 0 aromatic carbocycles. The van der Waals surface area contributed by atoms with Crippen molar-refractivity contribution in [3.05, 3.63) is 0 Å². The first-order chi connectivity index (χ1) is 13.7. The van der Waals surface area contributed by atoms with Crippen molar-refractivity contribution in [2.24, 2.45) is 23.7 Å². The summed E-state index contributed by atoms with van der Waals surface area (Å²) in [6.07, 6.45) is 1.37. The number of esters is 2. The maximum atomic E-state index is 12.8. The summed E-state index contributed by atoms with van der Waals surface area (Å²) in [6, 6.07) is -1.55. The Balaban J connectivity index is 2.89. The molecule has 0 bridgehead atoms. The van der Waals surface area contributed by atoms with Crippen LogP contribution in [0.15, 0.2) is 0 Å². The van der Waals surface area contributed by atoms with Gasteiger partial charge in [0.15, 0.2) is 0 Å². The summed E-state index contributed by atoms with van der Waals surface area (Å²) < 4.78 is 9.61. The average molecular weight is 414 g/mol. The summed E-state index contributed by atoms with van der Waals surface area (Å²) >= 11 is 0. The third-order valence-electron chi connectivity index (χ3n) is 5.82. The van der Waals surface area contributed by atoms with Gasteiger partial charge in [-0.05, 0) is 11.8 Å². The monoisotopic (exact) mass is 413 g/mol. The van der Waals surface area contributed by atoms with Crippen molar-refractivity contribution in [3.8, 4) is 0 Å². The molecule has 9 nitrogen and oxygen atoms in total. The van der Waals surface area contributed by atoms with Crippen LogP contribution in [0.25, 0.3) is 0 Å². The van der Waals surface area contributed by atoms with Crippen LogP contribution in [0.1, 0.15) is 40.5 Å². The van der Waals surface area contributed by atoms with Crippen LogP contribution in [0.4, 0.5) is 0 Å². The highest BCUT2D eigenvalue weighted by atomic mass is 16.5. The number of rotatable bonds is 10. The van der Waals surface area contributed by atoms with E-state index < -0.39 is 35.9 Å². The summed E-state index contributed by atoms with van der Waals surface area (Å²) in [5.41, 5.74) is 0. The molecule has 2 amide bonds. The zero-order valence-electron chi connectivity index (χ0n) is 18.2. The molecular formula is C20H35N3O6. The largest absolute Gasteiger partial charge is 0.467 e. The highest BCUT2D eigenvalue weighted by Gasteiger charge is 2.41. The molecule has 0 aromatic heterocycles. The van der Waals surface area contributed by atoms with E-state index >= 15 is 0 Å². The lowest BCUT2D eigenvalue weighted by atomic mass is 9.91. The zero-order valence-corrected chi connectivity index (χ0v) is 18.2. The molecule has 0 aliphatic carbocycles. The standard InChI is InChI=1S/C20H35N3O6/c1-7-11(3)15(19(26)28-5)22-17(24)13-9-21-10-14(13)18(25)23-16(12(4)8-2)20(27)29-6/h11-16,21H,7-10H2,1-6H3,(H,22,24)(H,23,25)/t11-,12-,13+,14+,15-,16-/m0/s1. The molecule has 1 fully saturated rings. The Morgan fingerprint density at radius 3 is 1.45 bits per heavy atom. The van der Waals surface area contributed by atoms with Gasteiger partial charge in [-0.3, -0.25) is 9.59 Å². The molecule has 166 valence electrons. The first-order valence-corrected chi connectivity index (χ1v) is 10.2. The SMILES string of the molecule is CC[C@H](C)[C@H](NC(=O)[C@@H]1CNC[C@H]1C(=O)N[C@H](C(=O)OC)[C@@H](C)CC)C(=O)OC. The Morgan fingerprint density at radius 2 is 1.17 bits per heavy atom. The van der Waals surface area contributed by atoms with Gasteiger partial charge in [0.2, 0.25) is 11.8 Å². The predicted octanol–water partition coefficient (Wildman–Crippen LogP) is 0.230. The maximum Gasteiger partial charge on any atom is 0.328 e. The second-order valence-corrected chi connectivity index (χ2v) is 7.66. The second-order valence-electron chi connectivity index (χ2n) is 7.66. The van der Waals surface area contributed by atoms with Crippen LogP contribution in [0, 0.1) is 23.7 Å². The van der Waals surface area contributed by atoms with Gasteiger partial charge in [-0.1, -0.05) is 40.5 Å². The Bertz CT molecular complexity index is 547. The minimum absolute atomic E-state index is 0.109. The molecule has 3 N–H and O–H groups in total. The number of carbonyl (C=O) groups is 4. The molecular weight excluding hydrogens is 378 g/mol. The van der Waals surface area contributed by atoms with E-state index in [-0.39, 0.29) is 23.7 Å². The number of ether oxygens (including phenoxy) is 2. The molecule has 6 atom stereocenters. The first kappa shape index (κ1) is 24.9. The Labute approximate surface area is 172 Å². The van der Waals surface area contributed by atoms with Crippen LogP contribution >= 0.6 is 0 Å². The molecule has 0 saturated carbocycles. The molecule has 0 radical (unpaired) electrons. The van der Waals surface area contributed by atoms with Crippen molar-refractivity contribution >= 4 is 23.8 Å². The fourth-order valence-electron chi connectivity index (χ4n) is 3.34. The maximum absolute atomic E-state index is 12.8. The van der Waals surface area contributed by atoms with Gasteiger partial charge < -0.3 is 25.4 Å². The Morgan fingerprint density at radius 1 is 0.828 bits per heavy atom. The summed E-state index contributed by atoms with van der Waals surface area (Å²) in [6.45, 7) is 8.16. The lowest BCUT2D eigenvalue weighted by molar-refractivity contribution is -0.148. The molecule has 29 heavy (non-hydrogen) atoms. The molecule has 9 heteroatoms. The van der Waals surface area contributed by atoms with Gasteiger partial charge in [0.25, 0.3) is 0 Å². The van der Waals surface area contributed by atoms with Gasteiger partial charge in [0.1, 0.15) is 12.1 Å². The number of hydrogen-bond donors (Lipinski definition) is 3. The lowest BCUT2D eigenvalue weighted by Crippen LogP contribution is -2.52. The van der Waals surface area contributed by atoms with Crippen LogP contribution in [0.2, 0.25) is 0 Å². The van der Waals surface area contributed by atoms with Gasteiger partial charge in [-0.25, -0.2) is 9.59 Å². The van der Waals surface area contributed by atoms with Crippen LogP contribution in [-0.4, -0.2) is 63.1 Å². The minimum Gasteiger partial charge on any atom is -0.467 e. The molecule has 1 rings (SSSR count). The number of nitrogens with one attached hydrogen (secondary N) is 3. The first-order valence-electron chi connectivity index (χ1n) is 10.2. The second kappa shape index (κ2) is 11.7. The summed E-state index contributed by atoms with van der Waals surface area (Å²) in [5.74, 6) is -3.32. The van der Waals surface area contributed by atoms with E-state index in [4.69, 9.17) is 9.47 Å². The normalized spacial score (nSPS) is 22.7. The number of amides is 2. The Kier molecular flexibility index (Phi) is 10.1. The van der Waals surface area contributed by atoms with Gasteiger partial charge in [-0.15, -0.1) is 0 Å². The smallest absolute Gasteiger partial charge is 0.328 e. The number of carbonyl (C=O) groups excluding carboxylic acids is 4. The zero-order chi connectivity index (χ0) is 22.1. The molecule has 0 unspecified atom stereocenters. The van der Waals surface area contributed by atoms with Crippen molar-refractivity contribution < 1.29 is 28.7 Å². The van der Waals surface area contributed by atoms with Crippen molar-refractivity contribution in [2.45, 2.75) is 52.6 Å². The lowest BCUT2D eigenvalue weighted by Gasteiger charge is -2.27. The fourth-order valence-corrected chi connectivity index (χ4v) is 3.34. The summed E-state index contributed by atoms with van der Waals surface area (Å²) in [5, 5.41) is 8.53. The molecule has 1 aliphatic heterocycles. The number of methoxy groups -OCH3 is 2.